The molecule has 0 aromatic heterocycles. The molecule has 1 atom stereocenters. The Kier molecular flexibility index (Phi) is 5.81. The number of allylic oxidation sites excluding steroid dienone is 1. The number of rotatable bonds is 5. The van der Waals surface area contributed by atoms with Gasteiger partial charge in [-0.1, -0.05) is 30.7 Å². The first kappa shape index (κ1) is 14.8. The SMILES string of the molecule is CCN=CC(=CN)c1cccc(C[C@@H]2CCCCN2)c1. The minimum absolute atomic E-state index is 0.619. The van der Waals surface area contributed by atoms with E-state index in [0.29, 0.717) is 6.04 Å². The highest BCUT2D eigenvalue weighted by molar-refractivity contribution is 6.09. The van der Waals surface area contributed by atoms with Gasteiger partial charge in [-0.15, -0.1) is 0 Å². The van der Waals surface area contributed by atoms with E-state index in [-0.39, 0.29) is 0 Å². The average molecular weight is 271 g/mol. The van der Waals surface area contributed by atoms with Crippen molar-refractivity contribution in [1.29, 1.82) is 0 Å². The maximum Gasteiger partial charge on any atom is 0.0361 e. The smallest absolute Gasteiger partial charge is 0.0361 e. The van der Waals surface area contributed by atoms with Crippen LogP contribution in [-0.2, 0) is 6.42 Å². The Labute approximate surface area is 122 Å². The van der Waals surface area contributed by atoms with Gasteiger partial charge >= 0.3 is 0 Å². The molecule has 0 saturated carbocycles. The van der Waals surface area contributed by atoms with Crippen LogP contribution in [0.4, 0.5) is 0 Å². The maximum atomic E-state index is 5.71. The summed E-state index contributed by atoms with van der Waals surface area (Å²) in [5, 5.41) is 3.60. The Morgan fingerprint density at radius 3 is 3.05 bits per heavy atom. The van der Waals surface area contributed by atoms with Gasteiger partial charge in [0.2, 0.25) is 0 Å². The third kappa shape index (κ3) is 4.20. The second-order valence-corrected chi connectivity index (χ2v) is 5.30. The van der Waals surface area contributed by atoms with Crippen molar-refractivity contribution in [3.05, 3.63) is 41.6 Å². The minimum atomic E-state index is 0.619. The van der Waals surface area contributed by atoms with Crippen LogP contribution in [0.2, 0.25) is 0 Å². The molecule has 1 aromatic carbocycles. The van der Waals surface area contributed by atoms with E-state index in [0.717, 1.165) is 30.6 Å². The van der Waals surface area contributed by atoms with Crippen molar-refractivity contribution in [3.63, 3.8) is 0 Å². The molecule has 3 nitrogen and oxygen atoms in total. The van der Waals surface area contributed by atoms with Crippen LogP contribution < -0.4 is 11.1 Å². The molecular weight excluding hydrogens is 246 g/mol. The zero-order chi connectivity index (χ0) is 14.2. The third-order valence-electron chi connectivity index (χ3n) is 3.75. The average Bonchev–Trinajstić information content (AvgIpc) is 2.49. The normalized spacial score (nSPS) is 20.4. The van der Waals surface area contributed by atoms with Crippen LogP contribution >= 0.6 is 0 Å². The lowest BCUT2D eigenvalue weighted by molar-refractivity contribution is 0.399. The van der Waals surface area contributed by atoms with Crippen molar-refractivity contribution in [2.24, 2.45) is 10.7 Å². The highest BCUT2D eigenvalue weighted by Gasteiger charge is 2.13. The summed E-state index contributed by atoms with van der Waals surface area (Å²) in [5.41, 5.74) is 9.22. The Balaban J connectivity index is 2.08. The molecule has 3 N–H and O–H groups in total. The van der Waals surface area contributed by atoms with Gasteiger partial charge < -0.3 is 11.1 Å². The molecule has 0 aliphatic carbocycles. The Morgan fingerprint density at radius 2 is 2.35 bits per heavy atom. The van der Waals surface area contributed by atoms with Gasteiger partial charge in [0.15, 0.2) is 0 Å². The van der Waals surface area contributed by atoms with Crippen molar-refractivity contribution < 1.29 is 0 Å². The third-order valence-corrected chi connectivity index (χ3v) is 3.75. The second-order valence-electron chi connectivity index (χ2n) is 5.30. The van der Waals surface area contributed by atoms with Gasteiger partial charge in [0, 0.05) is 30.6 Å². The van der Waals surface area contributed by atoms with Gasteiger partial charge in [-0.2, -0.15) is 0 Å². The van der Waals surface area contributed by atoms with Gasteiger partial charge in [0.25, 0.3) is 0 Å². The molecule has 0 unspecified atom stereocenters. The Hall–Kier alpha value is -1.61. The Morgan fingerprint density at radius 1 is 1.45 bits per heavy atom. The number of nitrogens with one attached hydrogen (secondary N) is 1. The summed E-state index contributed by atoms with van der Waals surface area (Å²) in [7, 11) is 0. The van der Waals surface area contributed by atoms with Gasteiger partial charge in [-0.05, 0) is 43.9 Å². The highest BCUT2D eigenvalue weighted by Crippen LogP contribution is 2.17. The second kappa shape index (κ2) is 7.85. The molecule has 0 bridgehead atoms. The van der Waals surface area contributed by atoms with E-state index in [1.165, 1.54) is 24.8 Å². The molecule has 20 heavy (non-hydrogen) atoms. The summed E-state index contributed by atoms with van der Waals surface area (Å²) >= 11 is 0. The first-order valence-corrected chi connectivity index (χ1v) is 7.58. The van der Waals surface area contributed by atoms with Crippen LogP contribution in [0.1, 0.15) is 37.3 Å². The van der Waals surface area contributed by atoms with Crippen molar-refractivity contribution in [3.8, 4) is 0 Å². The van der Waals surface area contributed by atoms with Crippen LogP contribution in [0, 0.1) is 0 Å². The largest absolute Gasteiger partial charge is 0.404 e. The van der Waals surface area contributed by atoms with Gasteiger partial charge in [0.1, 0.15) is 0 Å². The zero-order valence-corrected chi connectivity index (χ0v) is 12.3. The lowest BCUT2D eigenvalue weighted by atomic mass is 9.95. The Bertz CT molecular complexity index is 471. The van der Waals surface area contributed by atoms with E-state index in [2.05, 4.69) is 34.6 Å². The summed E-state index contributed by atoms with van der Waals surface area (Å²) in [6.45, 7) is 3.96. The van der Waals surface area contributed by atoms with Crippen LogP contribution in [0.5, 0.6) is 0 Å². The molecule has 1 heterocycles. The molecule has 1 aliphatic rings. The molecule has 0 amide bonds. The summed E-state index contributed by atoms with van der Waals surface area (Å²) in [4.78, 5) is 4.28. The fourth-order valence-corrected chi connectivity index (χ4v) is 2.66. The number of aliphatic imine (C=N–C) groups is 1. The number of nitrogens with two attached hydrogens (primary N) is 1. The number of benzene rings is 1. The van der Waals surface area contributed by atoms with E-state index in [4.69, 9.17) is 5.73 Å². The first-order valence-electron chi connectivity index (χ1n) is 7.58. The quantitative estimate of drug-likeness (QED) is 0.809. The predicted molar refractivity (Wildman–Crippen MR) is 87.0 cm³/mol. The number of piperidine rings is 1. The fourth-order valence-electron chi connectivity index (χ4n) is 2.66. The maximum absolute atomic E-state index is 5.71. The molecule has 2 rings (SSSR count). The van der Waals surface area contributed by atoms with Gasteiger partial charge in [-0.3, -0.25) is 4.99 Å². The van der Waals surface area contributed by atoms with E-state index in [1.54, 1.807) is 6.20 Å². The highest BCUT2D eigenvalue weighted by atomic mass is 14.9. The fraction of sp³-hybridized carbons (Fsp3) is 0.471. The summed E-state index contributed by atoms with van der Waals surface area (Å²) in [6.07, 6.45) is 8.52. The van der Waals surface area contributed by atoms with Crippen molar-refractivity contribution in [1.82, 2.24) is 5.32 Å². The van der Waals surface area contributed by atoms with E-state index in [1.807, 2.05) is 13.1 Å². The predicted octanol–water partition coefficient (Wildman–Crippen LogP) is 2.76. The molecule has 0 spiro atoms. The first-order chi connectivity index (χ1) is 9.83. The molecule has 1 fully saturated rings. The van der Waals surface area contributed by atoms with E-state index in [9.17, 15) is 0 Å². The standard InChI is InChI=1S/C17H25N3/c1-2-19-13-16(12-18)15-7-5-6-14(10-15)11-17-8-3-4-9-20-17/h5-7,10,12-13,17,20H,2-4,8-9,11,18H2,1H3/t17-/m0/s1. The lowest BCUT2D eigenvalue weighted by Crippen LogP contribution is -2.35. The molecule has 1 aromatic rings. The zero-order valence-electron chi connectivity index (χ0n) is 12.3. The molecule has 0 radical (unpaired) electrons. The van der Waals surface area contributed by atoms with Crippen LogP contribution in [0.3, 0.4) is 0 Å². The van der Waals surface area contributed by atoms with E-state index >= 15 is 0 Å². The van der Waals surface area contributed by atoms with Gasteiger partial charge in [-0.25, -0.2) is 0 Å². The van der Waals surface area contributed by atoms with Gasteiger partial charge in [0.05, 0.1) is 0 Å². The molecule has 108 valence electrons. The number of nitrogens with zero attached hydrogens (tertiary/aromatic N) is 1. The summed E-state index contributed by atoms with van der Waals surface area (Å²) in [5.74, 6) is 0. The molecule has 1 saturated heterocycles. The van der Waals surface area contributed by atoms with Crippen LogP contribution in [0.15, 0.2) is 35.5 Å². The molecule has 1 aliphatic heterocycles. The molecule has 3 heteroatoms. The van der Waals surface area contributed by atoms with E-state index < -0.39 is 0 Å². The van der Waals surface area contributed by atoms with Crippen molar-refractivity contribution in [2.75, 3.05) is 13.1 Å². The summed E-state index contributed by atoms with van der Waals surface area (Å²) in [6, 6.07) is 9.25. The van der Waals surface area contributed by atoms with Crippen LogP contribution in [-0.4, -0.2) is 25.3 Å². The molecular formula is C17H25N3. The van der Waals surface area contributed by atoms with Crippen LogP contribution in [0.25, 0.3) is 5.57 Å². The van der Waals surface area contributed by atoms with Crippen molar-refractivity contribution in [2.45, 2.75) is 38.6 Å². The topological polar surface area (TPSA) is 50.4 Å². The number of hydrogen-bond donors (Lipinski definition) is 2. The summed E-state index contributed by atoms with van der Waals surface area (Å²) < 4.78 is 0. The monoisotopic (exact) mass is 271 g/mol. The van der Waals surface area contributed by atoms with Crippen molar-refractivity contribution >= 4 is 11.8 Å². The lowest BCUT2D eigenvalue weighted by Gasteiger charge is -2.23. The minimum Gasteiger partial charge on any atom is -0.404 e. The number of hydrogen-bond acceptors (Lipinski definition) is 3.